The number of ether oxygens (including phenoxy) is 1. The highest BCUT2D eigenvalue weighted by Crippen LogP contribution is 2.35. The first-order valence-electron chi connectivity index (χ1n) is 10.1. The standard InChI is InChI=1S/C22H32N4O2S/c1-22(2,15-25(3)4)14-23-20(27)16-8-9-19(28-5)17(12-16)18-13-29-21(24-18)26-10-6-7-11-26/h8-9,12-13H,6-7,10-11,14-15H2,1-5H3,(H,23,27). The molecule has 0 unspecified atom stereocenters. The number of rotatable bonds is 8. The van der Waals surface area contributed by atoms with Crippen LogP contribution >= 0.6 is 11.3 Å². The van der Waals surface area contributed by atoms with Gasteiger partial charge in [-0.05, 0) is 50.6 Å². The third-order valence-corrected chi connectivity index (χ3v) is 5.98. The Bertz CT molecular complexity index is 841. The molecule has 2 aromatic rings. The van der Waals surface area contributed by atoms with Crippen molar-refractivity contribution in [3.63, 3.8) is 0 Å². The molecule has 0 saturated carbocycles. The normalized spacial score (nSPS) is 14.5. The van der Waals surface area contributed by atoms with Gasteiger partial charge in [0.15, 0.2) is 5.13 Å². The molecular formula is C22H32N4O2S. The Hall–Kier alpha value is -2.12. The molecule has 1 N–H and O–H groups in total. The summed E-state index contributed by atoms with van der Waals surface area (Å²) in [5.74, 6) is 0.656. The molecule has 0 spiro atoms. The molecule has 1 aliphatic heterocycles. The summed E-state index contributed by atoms with van der Waals surface area (Å²) in [5, 5.41) is 6.17. The first-order chi connectivity index (χ1) is 13.8. The zero-order valence-corrected chi connectivity index (χ0v) is 18.9. The van der Waals surface area contributed by atoms with Crippen LogP contribution in [0.3, 0.4) is 0 Å². The molecule has 1 aromatic heterocycles. The van der Waals surface area contributed by atoms with Crippen molar-refractivity contribution in [2.75, 3.05) is 52.3 Å². The maximum Gasteiger partial charge on any atom is 0.251 e. The maximum atomic E-state index is 12.8. The summed E-state index contributed by atoms with van der Waals surface area (Å²) in [5.41, 5.74) is 2.33. The number of nitrogens with one attached hydrogen (secondary N) is 1. The molecule has 29 heavy (non-hydrogen) atoms. The highest BCUT2D eigenvalue weighted by molar-refractivity contribution is 7.14. The average Bonchev–Trinajstić information content (AvgIpc) is 3.36. The highest BCUT2D eigenvalue weighted by atomic mass is 32.1. The third-order valence-electron chi connectivity index (χ3n) is 5.08. The van der Waals surface area contributed by atoms with Crippen molar-refractivity contribution in [3.05, 3.63) is 29.1 Å². The Morgan fingerprint density at radius 2 is 2.03 bits per heavy atom. The van der Waals surface area contributed by atoms with Crippen LogP contribution in [0.2, 0.25) is 0 Å². The number of aromatic nitrogens is 1. The third kappa shape index (κ3) is 5.48. The number of thiazole rings is 1. The van der Waals surface area contributed by atoms with E-state index in [0.29, 0.717) is 12.1 Å². The van der Waals surface area contributed by atoms with Crippen LogP contribution in [0.5, 0.6) is 5.75 Å². The Morgan fingerprint density at radius 3 is 2.69 bits per heavy atom. The molecule has 0 atom stereocenters. The van der Waals surface area contributed by atoms with E-state index >= 15 is 0 Å². The topological polar surface area (TPSA) is 57.7 Å². The fraction of sp³-hybridized carbons (Fsp3) is 0.545. The Labute approximate surface area is 177 Å². The van der Waals surface area contributed by atoms with Crippen LogP contribution in [0.15, 0.2) is 23.6 Å². The van der Waals surface area contributed by atoms with Crippen LogP contribution in [0.4, 0.5) is 5.13 Å². The van der Waals surface area contributed by atoms with Gasteiger partial charge in [0.2, 0.25) is 0 Å². The van der Waals surface area contributed by atoms with E-state index < -0.39 is 0 Å². The summed E-state index contributed by atoms with van der Waals surface area (Å²) < 4.78 is 5.54. The first kappa shape index (κ1) is 21.6. The van der Waals surface area contributed by atoms with E-state index in [4.69, 9.17) is 9.72 Å². The monoisotopic (exact) mass is 416 g/mol. The second-order valence-electron chi connectivity index (χ2n) is 8.71. The number of carbonyl (C=O) groups excluding carboxylic acids is 1. The Kier molecular flexibility index (Phi) is 6.80. The predicted molar refractivity (Wildman–Crippen MR) is 120 cm³/mol. The van der Waals surface area contributed by atoms with Gasteiger partial charge >= 0.3 is 0 Å². The molecule has 0 radical (unpaired) electrons. The van der Waals surface area contributed by atoms with E-state index in [1.54, 1.807) is 18.4 Å². The molecule has 1 saturated heterocycles. The second-order valence-corrected chi connectivity index (χ2v) is 9.55. The van der Waals surface area contributed by atoms with E-state index in [9.17, 15) is 4.79 Å². The molecule has 1 aromatic carbocycles. The molecule has 3 rings (SSSR count). The van der Waals surface area contributed by atoms with Gasteiger partial charge in [0.25, 0.3) is 5.91 Å². The van der Waals surface area contributed by atoms with Gasteiger partial charge in [-0.25, -0.2) is 4.98 Å². The lowest BCUT2D eigenvalue weighted by atomic mass is 9.93. The number of hydrogen-bond donors (Lipinski definition) is 1. The number of hydrogen-bond acceptors (Lipinski definition) is 6. The van der Waals surface area contributed by atoms with E-state index in [1.807, 2.05) is 37.7 Å². The van der Waals surface area contributed by atoms with Crippen LogP contribution in [0, 0.1) is 5.41 Å². The number of anilines is 1. The molecule has 2 heterocycles. The zero-order chi connectivity index (χ0) is 21.0. The van der Waals surface area contributed by atoms with Gasteiger partial charge in [-0.1, -0.05) is 13.8 Å². The minimum absolute atomic E-state index is 0.00595. The summed E-state index contributed by atoms with van der Waals surface area (Å²) in [6.45, 7) is 7.95. The number of carbonyl (C=O) groups is 1. The fourth-order valence-corrected chi connectivity index (χ4v) is 4.70. The lowest BCUT2D eigenvalue weighted by Gasteiger charge is -2.28. The Balaban J connectivity index is 1.77. The summed E-state index contributed by atoms with van der Waals surface area (Å²) in [4.78, 5) is 22.1. The van der Waals surface area contributed by atoms with Crippen molar-refractivity contribution >= 4 is 22.4 Å². The lowest BCUT2D eigenvalue weighted by molar-refractivity contribution is 0.0929. The molecule has 1 aliphatic rings. The van der Waals surface area contributed by atoms with Gasteiger partial charge in [-0.15, -0.1) is 11.3 Å². The Morgan fingerprint density at radius 1 is 1.31 bits per heavy atom. The van der Waals surface area contributed by atoms with E-state index in [-0.39, 0.29) is 11.3 Å². The van der Waals surface area contributed by atoms with Gasteiger partial charge in [0, 0.05) is 42.7 Å². The number of benzene rings is 1. The zero-order valence-electron chi connectivity index (χ0n) is 18.1. The molecule has 1 amide bonds. The molecular weight excluding hydrogens is 384 g/mol. The number of amides is 1. The number of nitrogens with zero attached hydrogens (tertiary/aromatic N) is 3. The van der Waals surface area contributed by atoms with Crippen molar-refractivity contribution in [2.45, 2.75) is 26.7 Å². The second kappa shape index (κ2) is 9.13. The van der Waals surface area contributed by atoms with Gasteiger partial charge in [-0.2, -0.15) is 0 Å². The number of methoxy groups -OCH3 is 1. The van der Waals surface area contributed by atoms with E-state index in [1.165, 1.54) is 12.8 Å². The predicted octanol–water partition coefficient (Wildman–Crippen LogP) is 3.74. The largest absolute Gasteiger partial charge is 0.496 e. The van der Waals surface area contributed by atoms with Gasteiger partial charge in [-0.3, -0.25) is 4.79 Å². The van der Waals surface area contributed by atoms with Crippen molar-refractivity contribution in [1.82, 2.24) is 15.2 Å². The van der Waals surface area contributed by atoms with Gasteiger partial charge < -0.3 is 19.9 Å². The van der Waals surface area contributed by atoms with Crippen LogP contribution < -0.4 is 15.0 Å². The maximum absolute atomic E-state index is 12.8. The smallest absolute Gasteiger partial charge is 0.251 e. The molecule has 1 fully saturated rings. The van der Waals surface area contributed by atoms with Crippen LogP contribution in [-0.4, -0.2) is 63.2 Å². The fourth-order valence-electron chi connectivity index (χ4n) is 3.82. The summed E-state index contributed by atoms with van der Waals surface area (Å²) >= 11 is 1.65. The lowest BCUT2D eigenvalue weighted by Crippen LogP contribution is -2.39. The molecule has 0 aliphatic carbocycles. The van der Waals surface area contributed by atoms with E-state index in [2.05, 4.69) is 29.0 Å². The van der Waals surface area contributed by atoms with Crippen LogP contribution in [0.25, 0.3) is 11.3 Å². The highest BCUT2D eigenvalue weighted by Gasteiger charge is 2.22. The van der Waals surface area contributed by atoms with Gasteiger partial charge in [0.05, 0.1) is 12.8 Å². The first-order valence-corrected chi connectivity index (χ1v) is 11.0. The SMILES string of the molecule is COc1ccc(C(=O)NCC(C)(C)CN(C)C)cc1-c1csc(N2CCCC2)n1. The average molecular weight is 417 g/mol. The molecule has 158 valence electrons. The van der Waals surface area contributed by atoms with E-state index in [0.717, 1.165) is 41.8 Å². The van der Waals surface area contributed by atoms with Crippen molar-refractivity contribution in [1.29, 1.82) is 0 Å². The van der Waals surface area contributed by atoms with Crippen molar-refractivity contribution in [2.24, 2.45) is 5.41 Å². The summed E-state index contributed by atoms with van der Waals surface area (Å²) in [6, 6.07) is 5.55. The van der Waals surface area contributed by atoms with Crippen LogP contribution in [-0.2, 0) is 0 Å². The summed E-state index contributed by atoms with van der Waals surface area (Å²) in [7, 11) is 5.74. The van der Waals surface area contributed by atoms with Crippen LogP contribution in [0.1, 0.15) is 37.0 Å². The van der Waals surface area contributed by atoms with Crippen molar-refractivity contribution in [3.8, 4) is 17.0 Å². The van der Waals surface area contributed by atoms with Gasteiger partial charge in [0.1, 0.15) is 5.75 Å². The minimum atomic E-state index is -0.0734. The van der Waals surface area contributed by atoms with Crippen molar-refractivity contribution < 1.29 is 9.53 Å². The molecule has 6 nitrogen and oxygen atoms in total. The summed E-state index contributed by atoms with van der Waals surface area (Å²) in [6.07, 6.45) is 2.44. The quantitative estimate of drug-likeness (QED) is 0.710. The minimum Gasteiger partial charge on any atom is -0.496 e. The molecule has 0 bridgehead atoms. The molecule has 7 heteroatoms.